The molecule has 4 heteroatoms. The van der Waals surface area contributed by atoms with Gasteiger partial charge < -0.3 is 14.6 Å². The van der Waals surface area contributed by atoms with Crippen molar-refractivity contribution in [3.05, 3.63) is 54.6 Å². The lowest BCUT2D eigenvalue weighted by Gasteiger charge is -2.05. The van der Waals surface area contributed by atoms with Crippen LogP contribution in [0.5, 0.6) is 5.75 Å². The number of benzene rings is 1. The molecule has 0 aliphatic rings. The Hall–Kier alpha value is -2.07. The maximum Gasteiger partial charge on any atom is 0.333 e. The minimum Gasteiger partial charge on any atom is -0.493 e. The van der Waals surface area contributed by atoms with Crippen LogP contribution in [0.2, 0.25) is 0 Å². The summed E-state index contributed by atoms with van der Waals surface area (Å²) < 4.78 is 10.6. The molecule has 0 saturated heterocycles. The molecule has 0 atom stereocenters. The number of hydrogen-bond donors (Lipinski definition) is 1. The Morgan fingerprint density at radius 2 is 2.05 bits per heavy atom. The highest BCUT2D eigenvalue weighted by molar-refractivity contribution is 5.86. The fourth-order valence-electron chi connectivity index (χ4n) is 1.39. The first-order valence-corrected chi connectivity index (χ1v) is 6.03. The zero-order valence-electron chi connectivity index (χ0n) is 10.7. The van der Waals surface area contributed by atoms with Gasteiger partial charge in [0.05, 0.1) is 25.4 Å². The second kappa shape index (κ2) is 8.94. The van der Waals surface area contributed by atoms with Crippen molar-refractivity contribution in [2.45, 2.75) is 6.42 Å². The Morgan fingerprint density at radius 3 is 2.68 bits per heavy atom. The fraction of sp³-hybridized carbons (Fsp3) is 0.267. The molecule has 1 rings (SSSR count). The molecule has 0 heterocycles. The van der Waals surface area contributed by atoms with E-state index in [1.54, 1.807) is 12.2 Å². The van der Waals surface area contributed by atoms with Crippen molar-refractivity contribution >= 4 is 5.97 Å². The number of hydrogen-bond acceptors (Lipinski definition) is 3. The number of rotatable bonds is 9. The topological polar surface area (TPSA) is 55.8 Å². The van der Waals surface area contributed by atoms with Crippen LogP contribution in [0.3, 0.4) is 0 Å². The summed E-state index contributed by atoms with van der Waals surface area (Å²) in [5.41, 5.74) is 0.235. The van der Waals surface area contributed by atoms with Crippen LogP contribution < -0.4 is 4.74 Å². The van der Waals surface area contributed by atoms with Crippen LogP contribution in [0.15, 0.2) is 54.6 Å². The van der Waals surface area contributed by atoms with Crippen molar-refractivity contribution in [2.24, 2.45) is 0 Å². The third-order valence-electron chi connectivity index (χ3n) is 2.29. The number of carboxylic acid groups (broad SMARTS) is 1. The first-order chi connectivity index (χ1) is 9.24. The molecule has 0 unspecified atom stereocenters. The quantitative estimate of drug-likeness (QED) is 0.422. The van der Waals surface area contributed by atoms with E-state index in [0.29, 0.717) is 19.6 Å². The lowest BCUT2D eigenvalue weighted by Crippen LogP contribution is -2.09. The SMILES string of the molecule is C=CCOCC(=CCCOc1ccccc1)C(=O)O. The molecule has 1 aromatic rings. The molecule has 0 aliphatic heterocycles. The summed E-state index contributed by atoms with van der Waals surface area (Å²) in [6.45, 7) is 4.35. The average molecular weight is 262 g/mol. The third-order valence-corrected chi connectivity index (χ3v) is 2.29. The normalized spacial score (nSPS) is 11.1. The lowest BCUT2D eigenvalue weighted by molar-refractivity contribution is -0.133. The van der Waals surface area contributed by atoms with Gasteiger partial charge in [0.15, 0.2) is 0 Å². The Kier molecular flexibility index (Phi) is 7.05. The van der Waals surface area contributed by atoms with Crippen LogP contribution in [0.1, 0.15) is 6.42 Å². The Bertz CT molecular complexity index is 423. The van der Waals surface area contributed by atoms with Crippen LogP contribution >= 0.6 is 0 Å². The van der Waals surface area contributed by atoms with Crippen LogP contribution in [0.4, 0.5) is 0 Å². The van der Waals surface area contributed by atoms with Crippen LogP contribution in [0, 0.1) is 0 Å². The zero-order valence-corrected chi connectivity index (χ0v) is 10.7. The van der Waals surface area contributed by atoms with Gasteiger partial charge in [-0.3, -0.25) is 0 Å². The predicted molar refractivity (Wildman–Crippen MR) is 73.3 cm³/mol. The van der Waals surface area contributed by atoms with Gasteiger partial charge >= 0.3 is 5.97 Å². The molecule has 1 N–H and O–H groups in total. The number of carboxylic acids is 1. The van der Waals surface area contributed by atoms with Gasteiger partial charge in [0.2, 0.25) is 0 Å². The number of aliphatic carboxylic acids is 1. The standard InChI is InChI=1S/C15H18O4/c1-2-10-18-12-13(15(16)17)7-6-11-19-14-8-4-3-5-9-14/h2-5,7-9H,1,6,10-12H2,(H,16,17). The van der Waals surface area contributed by atoms with E-state index in [1.165, 1.54) is 0 Å². The summed E-state index contributed by atoms with van der Waals surface area (Å²) in [6, 6.07) is 9.39. The average Bonchev–Trinajstić information content (AvgIpc) is 2.42. The zero-order chi connectivity index (χ0) is 13.9. The fourth-order valence-corrected chi connectivity index (χ4v) is 1.39. The van der Waals surface area contributed by atoms with Gasteiger partial charge in [0, 0.05) is 6.42 Å². The molecule has 0 fully saturated rings. The van der Waals surface area contributed by atoms with Crippen LogP contribution in [-0.2, 0) is 9.53 Å². The van der Waals surface area contributed by atoms with Gasteiger partial charge in [-0.05, 0) is 12.1 Å². The Labute approximate surface area is 113 Å². The molecule has 102 valence electrons. The van der Waals surface area contributed by atoms with E-state index in [9.17, 15) is 4.79 Å². The van der Waals surface area contributed by atoms with Gasteiger partial charge in [-0.2, -0.15) is 0 Å². The number of carbonyl (C=O) groups is 1. The highest BCUT2D eigenvalue weighted by Gasteiger charge is 2.06. The van der Waals surface area contributed by atoms with E-state index in [4.69, 9.17) is 14.6 Å². The molecule has 0 spiro atoms. The summed E-state index contributed by atoms with van der Waals surface area (Å²) in [5, 5.41) is 8.97. The van der Waals surface area contributed by atoms with Crippen molar-refractivity contribution < 1.29 is 19.4 Å². The Morgan fingerprint density at radius 1 is 1.32 bits per heavy atom. The van der Waals surface area contributed by atoms with Crippen molar-refractivity contribution in [3.8, 4) is 5.75 Å². The molecule has 0 radical (unpaired) electrons. The van der Waals surface area contributed by atoms with E-state index in [2.05, 4.69) is 6.58 Å². The van der Waals surface area contributed by atoms with Crippen molar-refractivity contribution in [2.75, 3.05) is 19.8 Å². The maximum absolute atomic E-state index is 10.9. The van der Waals surface area contributed by atoms with Crippen LogP contribution in [0.25, 0.3) is 0 Å². The molecular weight excluding hydrogens is 244 g/mol. The minimum atomic E-state index is -0.969. The summed E-state index contributed by atoms with van der Waals surface area (Å²) in [4.78, 5) is 10.9. The predicted octanol–water partition coefficient (Wildman–Crippen LogP) is 2.67. The molecule has 4 nitrogen and oxygen atoms in total. The summed E-state index contributed by atoms with van der Waals surface area (Å²) in [5.74, 6) is -0.195. The minimum absolute atomic E-state index is 0.0761. The number of ether oxygens (including phenoxy) is 2. The van der Waals surface area contributed by atoms with E-state index in [0.717, 1.165) is 5.75 Å². The second-order valence-electron chi connectivity index (χ2n) is 3.79. The Balaban J connectivity index is 2.34. The largest absolute Gasteiger partial charge is 0.493 e. The molecule has 0 bridgehead atoms. The lowest BCUT2D eigenvalue weighted by atomic mass is 10.2. The van der Waals surface area contributed by atoms with Crippen molar-refractivity contribution in [1.82, 2.24) is 0 Å². The molecular formula is C15H18O4. The van der Waals surface area contributed by atoms with E-state index in [-0.39, 0.29) is 12.2 Å². The summed E-state index contributed by atoms with van der Waals surface area (Å²) >= 11 is 0. The molecule has 0 saturated carbocycles. The van der Waals surface area contributed by atoms with Gasteiger partial charge in [0.1, 0.15) is 5.75 Å². The first kappa shape index (κ1) is 15.0. The molecule has 0 amide bonds. The molecule has 1 aromatic carbocycles. The summed E-state index contributed by atoms with van der Waals surface area (Å²) in [6.07, 6.45) is 3.72. The van der Waals surface area contributed by atoms with Crippen molar-refractivity contribution in [1.29, 1.82) is 0 Å². The van der Waals surface area contributed by atoms with Crippen LogP contribution in [-0.4, -0.2) is 30.9 Å². The highest BCUT2D eigenvalue weighted by Crippen LogP contribution is 2.09. The van der Waals surface area contributed by atoms with Gasteiger partial charge in [-0.15, -0.1) is 6.58 Å². The first-order valence-electron chi connectivity index (χ1n) is 6.03. The third kappa shape index (κ3) is 6.43. The van der Waals surface area contributed by atoms with Gasteiger partial charge in [-0.25, -0.2) is 4.79 Å². The van der Waals surface area contributed by atoms with E-state index in [1.807, 2.05) is 30.3 Å². The summed E-state index contributed by atoms with van der Waals surface area (Å²) in [7, 11) is 0. The van der Waals surface area contributed by atoms with E-state index >= 15 is 0 Å². The second-order valence-corrected chi connectivity index (χ2v) is 3.79. The molecule has 0 aliphatic carbocycles. The van der Waals surface area contributed by atoms with Gasteiger partial charge in [0.25, 0.3) is 0 Å². The maximum atomic E-state index is 10.9. The molecule has 19 heavy (non-hydrogen) atoms. The van der Waals surface area contributed by atoms with Crippen molar-refractivity contribution in [3.63, 3.8) is 0 Å². The molecule has 0 aromatic heterocycles. The monoisotopic (exact) mass is 262 g/mol. The smallest absolute Gasteiger partial charge is 0.333 e. The number of para-hydroxylation sites is 1. The van der Waals surface area contributed by atoms with Gasteiger partial charge in [-0.1, -0.05) is 30.4 Å². The highest BCUT2D eigenvalue weighted by atomic mass is 16.5. The van der Waals surface area contributed by atoms with E-state index < -0.39 is 5.97 Å².